The van der Waals surface area contributed by atoms with Crippen LogP contribution in [0.2, 0.25) is 0 Å². The highest BCUT2D eigenvalue weighted by Gasteiger charge is 2.20. The highest BCUT2D eigenvalue weighted by Crippen LogP contribution is 2.21. The van der Waals surface area contributed by atoms with Crippen molar-refractivity contribution in [2.75, 3.05) is 20.3 Å². The van der Waals surface area contributed by atoms with Gasteiger partial charge in [0.05, 0.1) is 5.92 Å². The topological polar surface area (TPSA) is 74.2 Å². The molecule has 0 radical (unpaired) electrons. The molecule has 1 heterocycles. The molecule has 0 aliphatic rings. The first-order valence-electron chi connectivity index (χ1n) is 5.70. The van der Waals surface area contributed by atoms with E-state index in [1.54, 1.807) is 7.11 Å². The van der Waals surface area contributed by atoms with E-state index in [0.29, 0.717) is 25.0 Å². The smallest absolute Gasteiger partial charge is 0.231 e. The fraction of sp³-hybridized carbons (Fsp3) is 0.818. The second-order valence-electron chi connectivity index (χ2n) is 4.23. The number of hydrogen-bond acceptors (Lipinski definition) is 5. The number of nitrogens with two attached hydrogens (primary N) is 1. The van der Waals surface area contributed by atoms with E-state index in [1.807, 2.05) is 0 Å². The van der Waals surface area contributed by atoms with E-state index in [2.05, 4.69) is 24.0 Å². The largest absolute Gasteiger partial charge is 0.385 e. The van der Waals surface area contributed by atoms with Crippen LogP contribution in [-0.2, 0) is 11.2 Å². The summed E-state index contributed by atoms with van der Waals surface area (Å²) in [7, 11) is 1.69. The molecule has 0 amide bonds. The third-order valence-electron chi connectivity index (χ3n) is 2.61. The van der Waals surface area contributed by atoms with E-state index in [1.165, 1.54) is 0 Å². The Bertz CT molecular complexity index is 299. The Morgan fingerprint density at radius 2 is 2.19 bits per heavy atom. The Kier molecular flexibility index (Phi) is 5.42. The van der Waals surface area contributed by atoms with Gasteiger partial charge in [0.2, 0.25) is 5.89 Å². The second-order valence-corrected chi connectivity index (χ2v) is 4.23. The zero-order valence-electron chi connectivity index (χ0n) is 10.3. The molecular weight excluding hydrogens is 206 g/mol. The van der Waals surface area contributed by atoms with E-state index in [4.69, 9.17) is 15.0 Å². The Morgan fingerprint density at radius 3 is 2.75 bits per heavy atom. The molecule has 0 saturated carbocycles. The number of nitrogens with zero attached hydrogens (tertiary/aromatic N) is 2. The Morgan fingerprint density at radius 1 is 1.44 bits per heavy atom. The van der Waals surface area contributed by atoms with Crippen LogP contribution in [0.1, 0.15) is 37.9 Å². The highest BCUT2D eigenvalue weighted by molar-refractivity contribution is 4.96. The summed E-state index contributed by atoms with van der Waals surface area (Å²) >= 11 is 0. The Labute approximate surface area is 96.4 Å². The zero-order valence-corrected chi connectivity index (χ0v) is 10.3. The predicted molar refractivity (Wildman–Crippen MR) is 61.1 cm³/mol. The molecule has 1 atom stereocenters. The molecule has 0 aliphatic heterocycles. The minimum Gasteiger partial charge on any atom is -0.385 e. The van der Waals surface area contributed by atoms with Crippen LogP contribution in [-0.4, -0.2) is 30.4 Å². The van der Waals surface area contributed by atoms with Crippen LogP contribution in [0.4, 0.5) is 0 Å². The Balaban J connectivity index is 2.55. The molecule has 0 aromatic carbocycles. The lowest BCUT2D eigenvalue weighted by Gasteiger charge is -2.13. The molecule has 16 heavy (non-hydrogen) atoms. The molecule has 5 nitrogen and oxygen atoms in total. The first kappa shape index (κ1) is 13.1. The van der Waals surface area contributed by atoms with Gasteiger partial charge in [0.1, 0.15) is 0 Å². The van der Waals surface area contributed by atoms with Gasteiger partial charge < -0.3 is 15.0 Å². The van der Waals surface area contributed by atoms with Crippen molar-refractivity contribution < 1.29 is 9.26 Å². The van der Waals surface area contributed by atoms with Gasteiger partial charge >= 0.3 is 0 Å². The second kappa shape index (κ2) is 6.60. The van der Waals surface area contributed by atoms with E-state index in [-0.39, 0.29) is 5.92 Å². The zero-order chi connectivity index (χ0) is 12.0. The molecule has 0 aliphatic carbocycles. The molecule has 1 unspecified atom stereocenters. The normalized spacial score (nSPS) is 13.3. The Hall–Kier alpha value is -0.940. The molecule has 0 bridgehead atoms. The summed E-state index contributed by atoms with van der Waals surface area (Å²) < 4.78 is 10.2. The van der Waals surface area contributed by atoms with Crippen molar-refractivity contribution >= 4 is 0 Å². The molecule has 1 rings (SSSR count). The van der Waals surface area contributed by atoms with Crippen molar-refractivity contribution in [1.29, 1.82) is 0 Å². The molecular formula is C11H21N3O2. The lowest BCUT2D eigenvalue weighted by Crippen LogP contribution is -2.18. The molecule has 0 spiro atoms. The van der Waals surface area contributed by atoms with Crippen LogP contribution in [0.25, 0.3) is 0 Å². The summed E-state index contributed by atoms with van der Waals surface area (Å²) in [6.07, 6.45) is 1.69. The van der Waals surface area contributed by atoms with Crippen molar-refractivity contribution in [3.63, 3.8) is 0 Å². The maximum atomic E-state index is 5.69. The van der Waals surface area contributed by atoms with Crippen LogP contribution in [0.3, 0.4) is 0 Å². The van der Waals surface area contributed by atoms with Crippen molar-refractivity contribution in [2.45, 2.75) is 32.6 Å². The summed E-state index contributed by atoms with van der Waals surface area (Å²) in [5, 5.41) is 3.94. The van der Waals surface area contributed by atoms with Crippen molar-refractivity contribution in [3.8, 4) is 0 Å². The molecule has 5 heteroatoms. The number of methoxy groups -OCH3 is 1. The van der Waals surface area contributed by atoms with E-state index in [0.717, 1.165) is 18.7 Å². The highest BCUT2D eigenvalue weighted by atomic mass is 16.5. The lowest BCUT2D eigenvalue weighted by molar-refractivity contribution is 0.194. The fourth-order valence-electron chi connectivity index (χ4n) is 1.55. The van der Waals surface area contributed by atoms with Crippen LogP contribution >= 0.6 is 0 Å². The van der Waals surface area contributed by atoms with Gasteiger partial charge in [-0.15, -0.1) is 0 Å². The molecule has 1 aromatic rings. The molecule has 0 saturated heterocycles. The summed E-state index contributed by atoms with van der Waals surface area (Å²) in [4.78, 5) is 4.36. The van der Waals surface area contributed by atoms with Gasteiger partial charge in [-0.3, -0.25) is 0 Å². The van der Waals surface area contributed by atoms with Gasteiger partial charge in [-0.1, -0.05) is 19.0 Å². The number of aromatic nitrogens is 2. The van der Waals surface area contributed by atoms with Gasteiger partial charge in [-0.25, -0.2) is 0 Å². The average molecular weight is 227 g/mol. The molecule has 2 N–H and O–H groups in total. The van der Waals surface area contributed by atoms with Gasteiger partial charge in [-0.2, -0.15) is 4.98 Å². The minimum atomic E-state index is 0.156. The molecule has 0 fully saturated rings. The maximum Gasteiger partial charge on any atom is 0.231 e. The quantitative estimate of drug-likeness (QED) is 0.712. The van der Waals surface area contributed by atoms with E-state index in [9.17, 15) is 0 Å². The number of rotatable bonds is 7. The van der Waals surface area contributed by atoms with Crippen molar-refractivity contribution in [2.24, 2.45) is 11.7 Å². The number of aryl methyl sites for hydroxylation is 1. The summed E-state index contributed by atoms with van der Waals surface area (Å²) in [6, 6.07) is 0. The van der Waals surface area contributed by atoms with Crippen LogP contribution in [0, 0.1) is 5.92 Å². The summed E-state index contributed by atoms with van der Waals surface area (Å²) in [5.41, 5.74) is 5.69. The first-order chi connectivity index (χ1) is 7.69. The van der Waals surface area contributed by atoms with Crippen molar-refractivity contribution in [3.05, 3.63) is 11.7 Å². The van der Waals surface area contributed by atoms with Crippen LogP contribution in [0.5, 0.6) is 0 Å². The SMILES string of the molecule is COCCCc1noc(C(CN)C(C)C)n1. The third-order valence-corrected chi connectivity index (χ3v) is 2.61. The van der Waals surface area contributed by atoms with Gasteiger partial charge in [0.25, 0.3) is 0 Å². The maximum absolute atomic E-state index is 5.69. The number of hydrogen-bond donors (Lipinski definition) is 1. The number of ether oxygens (including phenoxy) is 1. The van der Waals surface area contributed by atoms with Gasteiger partial charge in [-0.05, 0) is 12.3 Å². The summed E-state index contributed by atoms with van der Waals surface area (Å²) in [5.74, 6) is 1.97. The van der Waals surface area contributed by atoms with Crippen molar-refractivity contribution in [1.82, 2.24) is 10.1 Å². The van der Waals surface area contributed by atoms with Gasteiger partial charge in [0.15, 0.2) is 5.82 Å². The van der Waals surface area contributed by atoms with E-state index >= 15 is 0 Å². The van der Waals surface area contributed by atoms with Crippen LogP contribution < -0.4 is 5.73 Å². The lowest BCUT2D eigenvalue weighted by atomic mass is 9.96. The fourth-order valence-corrected chi connectivity index (χ4v) is 1.55. The monoisotopic (exact) mass is 227 g/mol. The standard InChI is InChI=1S/C11H21N3O2/c1-8(2)9(7-12)11-13-10(14-16-11)5-4-6-15-3/h8-9H,4-7,12H2,1-3H3. The molecule has 92 valence electrons. The molecule has 1 aromatic heterocycles. The van der Waals surface area contributed by atoms with E-state index < -0.39 is 0 Å². The van der Waals surface area contributed by atoms with Gasteiger partial charge in [0, 0.05) is 26.7 Å². The van der Waals surface area contributed by atoms with Crippen LogP contribution in [0.15, 0.2) is 4.52 Å². The summed E-state index contributed by atoms with van der Waals surface area (Å²) in [6.45, 7) is 5.46. The predicted octanol–water partition coefficient (Wildman–Crippen LogP) is 1.35. The minimum absolute atomic E-state index is 0.156. The first-order valence-corrected chi connectivity index (χ1v) is 5.70. The average Bonchev–Trinajstić information content (AvgIpc) is 2.67. The third kappa shape index (κ3) is 3.57.